The third-order valence-electron chi connectivity index (χ3n) is 3.09. The third kappa shape index (κ3) is 6.87. The number of hydrogen-bond acceptors (Lipinski definition) is 5. The van der Waals surface area contributed by atoms with Crippen molar-refractivity contribution in [2.24, 2.45) is 0 Å². The molecule has 1 aliphatic heterocycles. The average molecular weight is 273 g/mol. The van der Waals surface area contributed by atoms with Gasteiger partial charge < -0.3 is 20.1 Å². The van der Waals surface area contributed by atoms with Crippen molar-refractivity contribution in [1.29, 1.82) is 0 Å². The van der Waals surface area contributed by atoms with Gasteiger partial charge in [0.15, 0.2) is 0 Å². The lowest BCUT2D eigenvalue weighted by molar-refractivity contribution is -0.132. The van der Waals surface area contributed by atoms with Crippen LogP contribution in [-0.2, 0) is 9.53 Å². The van der Waals surface area contributed by atoms with Crippen LogP contribution in [0.15, 0.2) is 0 Å². The number of ether oxygens (including phenoxy) is 1. The number of aliphatic hydroxyl groups is 1. The number of β-amino-alcohol motifs (C(OH)–C–C–N with tert-alkyl or cyclic N) is 1. The van der Waals surface area contributed by atoms with E-state index in [-0.39, 0.29) is 5.91 Å². The minimum atomic E-state index is -0.673. The second-order valence-electron chi connectivity index (χ2n) is 5.64. The van der Waals surface area contributed by atoms with Crippen LogP contribution in [-0.4, -0.2) is 85.9 Å². The number of piperazine rings is 1. The number of amides is 1. The van der Waals surface area contributed by atoms with Gasteiger partial charge in [0.05, 0.1) is 18.8 Å². The monoisotopic (exact) mass is 273 g/mol. The lowest BCUT2D eigenvalue weighted by Crippen LogP contribution is -2.53. The van der Waals surface area contributed by atoms with Gasteiger partial charge in [-0.1, -0.05) is 0 Å². The summed E-state index contributed by atoms with van der Waals surface area (Å²) in [5.74, 6) is 0.138. The molecule has 1 aliphatic rings. The maximum Gasteiger partial charge on any atom is 0.236 e. The Bertz CT molecular complexity index is 271. The van der Waals surface area contributed by atoms with Gasteiger partial charge in [-0.3, -0.25) is 9.69 Å². The summed E-state index contributed by atoms with van der Waals surface area (Å²) in [7, 11) is 1.64. The minimum absolute atomic E-state index is 0.138. The zero-order chi connectivity index (χ0) is 14.3. The molecule has 0 spiro atoms. The Labute approximate surface area is 115 Å². The zero-order valence-corrected chi connectivity index (χ0v) is 12.3. The molecule has 0 bridgehead atoms. The minimum Gasteiger partial charge on any atom is -0.389 e. The molecule has 0 aliphatic carbocycles. The predicted molar refractivity (Wildman–Crippen MR) is 74.1 cm³/mol. The predicted octanol–water partition coefficient (Wildman–Crippen LogP) is -0.862. The number of carbonyl (C=O) groups is 1. The van der Waals surface area contributed by atoms with E-state index < -0.39 is 5.60 Å². The van der Waals surface area contributed by atoms with Crippen LogP contribution in [0, 0.1) is 0 Å². The number of carbonyl (C=O) groups excluding carboxylic acids is 1. The number of methoxy groups -OCH3 is 1. The summed E-state index contributed by atoms with van der Waals surface area (Å²) in [6, 6.07) is 0. The van der Waals surface area contributed by atoms with Crippen molar-refractivity contribution in [1.82, 2.24) is 15.1 Å². The Morgan fingerprint density at radius 2 is 1.95 bits per heavy atom. The van der Waals surface area contributed by atoms with Crippen LogP contribution in [0.5, 0.6) is 0 Å². The van der Waals surface area contributed by atoms with Crippen LogP contribution in [0.4, 0.5) is 0 Å². The highest BCUT2D eigenvalue weighted by atomic mass is 16.5. The zero-order valence-electron chi connectivity index (χ0n) is 12.3. The second-order valence-corrected chi connectivity index (χ2v) is 5.64. The second kappa shape index (κ2) is 7.79. The molecule has 0 aromatic heterocycles. The lowest BCUT2D eigenvalue weighted by atomic mass is 10.1. The first-order valence-electron chi connectivity index (χ1n) is 6.84. The average Bonchev–Trinajstić information content (AvgIpc) is 2.33. The molecule has 0 aromatic rings. The summed E-state index contributed by atoms with van der Waals surface area (Å²) in [4.78, 5) is 16.0. The number of nitrogens with one attached hydrogen (secondary N) is 1. The molecule has 19 heavy (non-hydrogen) atoms. The first-order valence-corrected chi connectivity index (χ1v) is 6.84. The van der Waals surface area contributed by atoms with Gasteiger partial charge in [0, 0.05) is 46.4 Å². The van der Waals surface area contributed by atoms with E-state index in [0.29, 0.717) is 26.2 Å². The molecule has 6 nitrogen and oxygen atoms in total. The van der Waals surface area contributed by atoms with E-state index in [9.17, 15) is 9.90 Å². The summed E-state index contributed by atoms with van der Waals surface area (Å²) >= 11 is 0. The summed E-state index contributed by atoms with van der Waals surface area (Å²) < 4.78 is 4.91. The van der Waals surface area contributed by atoms with Gasteiger partial charge in [0.1, 0.15) is 0 Å². The maximum atomic E-state index is 11.9. The van der Waals surface area contributed by atoms with Gasteiger partial charge in [-0.15, -0.1) is 0 Å². The van der Waals surface area contributed by atoms with E-state index in [1.807, 2.05) is 18.7 Å². The molecule has 1 amide bonds. The summed E-state index contributed by atoms with van der Waals surface area (Å²) in [5, 5.41) is 12.8. The molecule has 2 N–H and O–H groups in total. The molecule has 0 radical (unpaired) electrons. The molecule has 0 saturated carbocycles. The fourth-order valence-corrected chi connectivity index (χ4v) is 2.18. The Morgan fingerprint density at radius 1 is 1.32 bits per heavy atom. The van der Waals surface area contributed by atoms with Gasteiger partial charge in [0.25, 0.3) is 0 Å². The van der Waals surface area contributed by atoms with Gasteiger partial charge in [-0.25, -0.2) is 0 Å². The standard InChI is InChI=1S/C13H27N3O3/c1-13(2,18)11-15-5-7-16(8-6-15)12(17)10-14-4-9-19-3/h14,18H,4-11H2,1-3H3. The fourth-order valence-electron chi connectivity index (χ4n) is 2.18. The number of rotatable bonds is 7. The molecule has 1 heterocycles. The van der Waals surface area contributed by atoms with Crippen LogP contribution in [0.25, 0.3) is 0 Å². The molecular formula is C13H27N3O3. The molecule has 0 atom stereocenters. The Balaban J connectivity index is 2.20. The molecule has 1 rings (SSSR count). The largest absolute Gasteiger partial charge is 0.389 e. The van der Waals surface area contributed by atoms with Crippen molar-refractivity contribution < 1.29 is 14.6 Å². The molecule has 1 saturated heterocycles. The first kappa shape index (κ1) is 16.4. The van der Waals surface area contributed by atoms with Crippen molar-refractivity contribution in [2.45, 2.75) is 19.4 Å². The smallest absolute Gasteiger partial charge is 0.236 e. The van der Waals surface area contributed by atoms with Crippen LogP contribution in [0.3, 0.4) is 0 Å². The lowest BCUT2D eigenvalue weighted by Gasteiger charge is -2.37. The molecule has 1 fully saturated rings. The van der Waals surface area contributed by atoms with Crippen LogP contribution in [0.1, 0.15) is 13.8 Å². The molecule has 0 unspecified atom stereocenters. The van der Waals surface area contributed by atoms with E-state index in [1.165, 1.54) is 0 Å². The van der Waals surface area contributed by atoms with Gasteiger partial charge >= 0.3 is 0 Å². The summed E-state index contributed by atoms with van der Waals surface area (Å²) in [6.45, 7) is 9.08. The van der Waals surface area contributed by atoms with Crippen LogP contribution < -0.4 is 5.32 Å². The van der Waals surface area contributed by atoms with Gasteiger partial charge in [-0.05, 0) is 13.8 Å². The van der Waals surface area contributed by atoms with Crippen molar-refractivity contribution in [2.75, 3.05) is 59.5 Å². The van der Waals surface area contributed by atoms with E-state index in [2.05, 4.69) is 10.2 Å². The third-order valence-corrected chi connectivity index (χ3v) is 3.09. The summed E-state index contributed by atoms with van der Waals surface area (Å²) in [5.41, 5.74) is -0.673. The topological polar surface area (TPSA) is 65.0 Å². The number of hydrogen-bond donors (Lipinski definition) is 2. The number of nitrogens with zero attached hydrogens (tertiary/aromatic N) is 2. The Morgan fingerprint density at radius 3 is 2.47 bits per heavy atom. The molecule has 6 heteroatoms. The Hall–Kier alpha value is -0.690. The molecule has 0 aromatic carbocycles. The van der Waals surface area contributed by atoms with Gasteiger partial charge in [0.2, 0.25) is 5.91 Å². The quantitative estimate of drug-likeness (QED) is 0.591. The normalized spacial score (nSPS) is 17.8. The van der Waals surface area contributed by atoms with Crippen LogP contribution >= 0.6 is 0 Å². The van der Waals surface area contributed by atoms with E-state index in [0.717, 1.165) is 26.2 Å². The van der Waals surface area contributed by atoms with E-state index >= 15 is 0 Å². The van der Waals surface area contributed by atoms with Crippen molar-refractivity contribution in [3.63, 3.8) is 0 Å². The van der Waals surface area contributed by atoms with E-state index in [1.54, 1.807) is 7.11 Å². The maximum absolute atomic E-state index is 11.9. The SMILES string of the molecule is COCCNCC(=O)N1CCN(CC(C)(C)O)CC1. The van der Waals surface area contributed by atoms with Gasteiger partial charge in [-0.2, -0.15) is 0 Å². The highest BCUT2D eigenvalue weighted by Crippen LogP contribution is 2.08. The fraction of sp³-hybridized carbons (Fsp3) is 0.923. The van der Waals surface area contributed by atoms with Crippen LogP contribution in [0.2, 0.25) is 0 Å². The molecule has 112 valence electrons. The first-order chi connectivity index (χ1) is 8.92. The van der Waals surface area contributed by atoms with Crippen molar-refractivity contribution in [3.8, 4) is 0 Å². The highest BCUT2D eigenvalue weighted by Gasteiger charge is 2.24. The van der Waals surface area contributed by atoms with Crippen molar-refractivity contribution in [3.05, 3.63) is 0 Å². The highest BCUT2D eigenvalue weighted by molar-refractivity contribution is 5.78. The van der Waals surface area contributed by atoms with E-state index in [4.69, 9.17) is 4.74 Å². The van der Waals surface area contributed by atoms with Crippen molar-refractivity contribution >= 4 is 5.91 Å². The Kier molecular flexibility index (Phi) is 6.71. The molecular weight excluding hydrogens is 246 g/mol. The summed E-state index contributed by atoms with van der Waals surface area (Å²) in [6.07, 6.45) is 0.